The van der Waals surface area contributed by atoms with Crippen LogP contribution in [0.1, 0.15) is 5.56 Å². The normalized spacial score (nSPS) is 11.4. The maximum atomic E-state index is 11.7. The zero-order valence-electron chi connectivity index (χ0n) is 9.85. The van der Waals surface area contributed by atoms with E-state index in [2.05, 4.69) is 0 Å². The number of hydrogen-bond acceptors (Lipinski definition) is 4. The number of amides is 1. The van der Waals surface area contributed by atoms with Crippen molar-refractivity contribution in [2.24, 2.45) is 0 Å². The predicted molar refractivity (Wildman–Crippen MR) is 72.0 cm³/mol. The van der Waals surface area contributed by atoms with Crippen LogP contribution in [-0.4, -0.2) is 30.0 Å². The summed E-state index contributed by atoms with van der Waals surface area (Å²) in [5.74, 6) is -0.886. The lowest BCUT2D eigenvalue weighted by Crippen LogP contribution is -2.23. The van der Waals surface area contributed by atoms with Crippen LogP contribution in [0.25, 0.3) is 5.76 Å². The van der Waals surface area contributed by atoms with Crippen molar-refractivity contribution in [3.63, 3.8) is 0 Å². The number of nitriles is 1. The summed E-state index contributed by atoms with van der Waals surface area (Å²) < 4.78 is 0. The van der Waals surface area contributed by atoms with Crippen molar-refractivity contribution in [3.05, 3.63) is 35.4 Å². The highest BCUT2D eigenvalue weighted by molar-refractivity contribution is 8.21. The van der Waals surface area contributed by atoms with Crippen molar-refractivity contribution in [1.29, 1.82) is 5.26 Å². The summed E-state index contributed by atoms with van der Waals surface area (Å²) in [5.41, 5.74) is 0.0872. The Balaban J connectivity index is 3.28. The number of carbonyl (C=O) groups is 1. The molecule has 4 nitrogen and oxygen atoms in total. The minimum Gasteiger partial charge on any atom is -0.506 e. The molecule has 0 atom stereocenters. The number of halogens is 1. The minimum atomic E-state index is -0.543. The average Bonchev–Trinajstić information content (AvgIpc) is 2.39. The summed E-state index contributed by atoms with van der Waals surface area (Å²) >= 11 is 0. The molecule has 0 radical (unpaired) electrons. The standard InChI is InChI=1S/C12H11ClN2O2S/c1-15(2)12(17)10(7-14)11(16)8-4-3-5-9(6-8)18-13/h3-6,16H,1-2H3. The van der Waals surface area contributed by atoms with Crippen LogP contribution in [0.2, 0.25) is 0 Å². The van der Waals surface area contributed by atoms with Crippen molar-refractivity contribution in [2.45, 2.75) is 4.90 Å². The highest BCUT2D eigenvalue weighted by atomic mass is 35.7. The molecule has 0 heterocycles. The predicted octanol–water partition coefficient (Wildman–Crippen LogP) is 2.81. The SMILES string of the molecule is CN(C)C(=O)C(C#N)=C(O)c1cccc(SCl)c1. The Kier molecular flexibility index (Phi) is 5.08. The van der Waals surface area contributed by atoms with Gasteiger partial charge in [-0.15, -0.1) is 0 Å². The number of carbonyl (C=O) groups excluding carboxylic acids is 1. The van der Waals surface area contributed by atoms with Gasteiger partial charge in [-0.25, -0.2) is 0 Å². The van der Waals surface area contributed by atoms with Gasteiger partial charge in [0.25, 0.3) is 5.91 Å². The van der Waals surface area contributed by atoms with Crippen LogP contribution in [0.3, 0.4) is 0 Å². The Morgan fingerprint density at radius 3 is 2.67 bits per heavy atom. The van der Waals surface area contributed by atoms with Gasteiger partial charge in [0.05, 0.1) is 0 Å². The van der Waals surface area contributed by atoms with Crippen molar-refractivity contribution < 1.29 is 9.90 Å². The molecular formula is C12H11ClN2O2S. The second-order valence-corrected chi connectivity index (χ2v) is 4.73. The molecule has 1 aromatic rings. The lowest BCUT2D eigenvalue weighted by atomic mass is 10.1. The molecule has 0 saturated carbocycles. The topological polar surface area (TPSA) is 64.3 Å². The number of hydrogen-bond donors (Lipinski definition) is 1. The van der Waals surface area contributed by atoms with Crippen molar-refractivity contribution >= 4 is 33.3 Å². The summed E-state index contributed by atoms with van der Waals surface area (Å²) in [6.07, 6.45) is 0. The highest BCUT2D eigenvalue weighted by Crippen LogP contribution is 2.26. The first kappa shape index (κ1) is 14.4. The van der Waals surface area contributed by atoms with E-state index >= 15 is 0 Å². The van der Waals surface area contributed by atoms with Gasteiger partial charge in [0, 0.05) is 24.6 Å². The molecule has 1 rings (SSSR count). The quantitative estimate of drug-likeness (QED) is 0.526. The molecule has 0 bridgehead atoms. The maximum absolute atomic E-state index is 11.7. The van der Waals surface area contributed by atoms with Crippen LogP contribution in [0.4, 0.5) is 0 Å². The third-order valence-electron chi connectivity index (χ3n) is 2.17. The van der Waals surface area contributed by atoms with Crippen LogP contribution < -0.4 is 0 Å². The first-order valence-electron chi connectivity index (χ1n) is 4.95. The van der Waals surface area contributed by atoms with Gasteiger partial charge in [0.15, 0.2) is 5.57 Å². The third-order valence-corrected chi connectivity index (χ3v) is 3.13. The summed E-state index contributed by atoms with van der Waals surface area (Å²) in [5, 5.41) is 18.9. The van der Waals surface area contributed by atoms with Crippen LogP contribution in [0, 0.1) is 11.3 Å². The average molecular weight is 283 g/mol. The second kappa shape index (κ2) is 6.34. The van der Waals surface area contributed by atoms with E-state index in [-0.39, 0.29) is 11.3 Å². The summed E-state index contributed by atoms with van der Waals surface area (Å²) in [6.45, 7) is 0. The summed E-state index contributed by atoms with van der Waals surface area (Å²) in [6, 6.07) is 8.37. The van der Waals surface area contributed by atoms with E-state index in [1.807, 2.05) is 0 Å². The number of aliphatic hydroxyl groups excluding tert-OH is 1. The highest BCUT2D eigenvalue weighted by Gasteiger charge is 2.18. The van der Waals surface area contributed by atoms with Gasteiger partial charge in [-0.1, -0.05) is 12.1 Å². The minimum absolute atomic E-state index is 0.295. The van der Waals surface area contributed by atoms with Crippen molar-refractivity contribution in [2.75, 3.05) is 14.1 Å². The zero-order chi connectivity index (χ0) is 13.7. The van der Waals surface area contributed by atoms with E-state index in [1.54, 1.807) is 30.3 Å². The molecule has 0 saturated heterocycles. The molecule has 0 aliphatic heterocycles. The summed E-state index contributed by atoms with van der Waals surface area (Å²) in [7, 11) is 9.63. The van der Waals surface area contributed by atoms with Gasteiger partial charge < -0.3 is 10.0 Å². The van der Waals surface area contributed by atoms with E-state index in [0.29, 0.717) is 5.56 Å². The molecule has 0 aliphatic rings. The Labute approximate surface area is 114 Å². The number of benzene rings is 1. The van der Waals surface area contributed by atoms with E-state index in [1.165, 1.54) is 19.0 Å². The Hall–Kier alpha value is -1.64. The lowest BCUT2D eigenvalue weighted by molar-refractivity contribution is -0.124. The molecule has 0 unspecified atom stereocenters. The van der Waals surface area contributed by atoms with Gasteiger partial charge in [-0.05, 0) is 33.8 Å². The smallest absolute Gasteiger partial charge is 0.267 e. The number of aliphatic hydroxyl groups is 1. The molecule has 1 N–H and O–H groups in total. The number of likely N-dealkylation sites (N-methyl/N-ethyl adjacent to an activating group) is 1. The maximum Gasteiger partial charge on any atom is 0.267 e. The Morgan fingerprint density at radius 1 is 1.50 bits per heavy atom. The van der Waals surface area contributed by atoms with E-state index in [4.69, 9.17) is 15.9 Å². The zero-order valence-corrected chi connectivity index (χ0v) is 11.4. The van der Waals surface area contributed by atoms with Gasteiger partial charge in [0.1, 0.15) is 11.8 Å². The van der Waals surface area contributed by atoms with Crippen molar-refractivity contribution in [1.82, 2.24) is 4.90 Å². The van der Waals surface area contributed by atoms with Crippen molar-refractivity contribution in [3.8, 4) is 6.07 Å². The van der Waals surface area contributed by atoms with Crippen LogP contribution in [-0.2, 0) is 4.79 Å². The molecule has 94 valence electrons. The van der Waals surface area contributed by atoms with E-state index in [9.17, 15) is 9.90 Å². The third kappa shape index (κ3) is 3.19. The molecule has 18 heavy (non-hydrogen) atoms. The first-order valence-corrected chi connectivity index (χ1v) is 6.59. The van der Waals surface area contributed by atoms with Gasteiger partial charge in [-0.3, -0.25) is 4.79 Å². The molecule has 0 aromatic heterocycles. The van der Waals surface area contributed by atoms with E-state index in [0.717, 1.165) is 15.9 Å². The molecule has 0 aliphatic carbocycles. The van der Waals surface area contributed by atoms with Gasteiger partial charge >= 0.3 is 0 Å². The monoisotopic (exact) mass is 282 g/mol. The summed E-state index contributed by atoms with van der Waals surface area (Å²) in [4.78, 5) is 13.6. The number of rotatable bonds is 3. The van der Waals surface area contributed by atoms with Gasteiger partial charge in [-0.2, -0.15) is 5.26 Å². The Bertz CT molecular complexity index is 535. The Morgan fingerprint density at radius 2 is 2.17 bits per heavy atom. The molecule has 1 aromatic carbocycles. The fourth-order valence-electron chi connectivity index (χ4n) is 1.26. The largest absolute Gasteiger partial charge is 0.506 e. The first-order chi connectivity index (χ1) is 8.51. The van der Waals surface area contributed by atoms with Crippen LogP contribution in [0.5, 0.6) is 0 Å². The molecule has 6 heteroatoms. The lowest BCUT2D eigenvalue weighted by Gasteiger charge is -2.10. The van der Waals surface area contributed by atoms with Crippen LogP contribution >= 0.6 is 21.7 Å². The molecular weight excluding hydrogens is 272 g/mol. The van der Waals surface area contributed by atoms with Gasteiger partial charge in [0.2, 0.25) is 0 Å². The fourth-order valence-corrected chi connectivity index (χ4v) is 1.85. The number of nitrogens with zero attached hydrogens (tertiary/aromatic N) is 2. The molecule has 0 spiro atoms. The van der Waals surface area contributed by atoms with Crippen LogP contribution in [0.15, 0.2) is 34.7 Å². The molecule has 1 amide bonds. The fraction of sp³-hybridized carbons (Fsp3) is 0.167. The second-order valence-electron chi connectivity index (χ2n) is 3.64. The van der Waals surface area contributed by atoms with E-state index < -0.39 is 5.91 Å². The molecule has 0 fully saturated rings.